The zero-order valence-electron chi connectivity index (χ0n) is 43.8. The molecule has 4 N–H and O–H groups in total. The SMILES string of the molecule is CCCCCCCCCCCCCCCCCCCCCCCCC(=O)O[C@H](COC(=O)CCCCCCCCCCCCCCCCCCCCCCC)COP(=O)(O)OC[C@H](N)C(=O)O. The molecule has 0 heterocycles. The van der Waals surface area contributed by atoms with E-state index in [1.807, 2.05) is 0 Å². The average molecular weight is 974 g/mol. The van der Waals surface area contributed by atoms with Gasteiger partial charge in [-0.05, 0) is 12.8 Å². The molecule has 1 unspecified atom stereocenters. The van der Waals surface area contributed by atoms with Crippen LogP contribution in [0.15, 0.2) is 0 Å². The molecule has 0 spiro atoms. The van der Waals surface area contributed by atoms with Gasteiger partial charge >= 0.3 is 25.7 Å². The van der Waals surface area contributed by atoms with Gasteiger partial charge in [-0.2, -0.15) is 0 Å². The maximum atomic E-state index is 12.7. The topological polar surface area (TPSA) is 172 Å². The number of phosphoric ester groups is 1. The van der Waals surface area contributed by atoms with Gasteiger partial charge in [-0.15, -0.1) is 0 Å². The van der Waals surface area contributed by atoms with Crippen LogP contribution in [0.1, 0.15) is 303 Å². The first kappa shape index (κ1) is 65.5. The van der Waals surface area contributed by atoms with Gasteiger partial charge in [0.15, 0.2) is 6.10 Å². The summed E-state index contributed by atoms with van der Waals surface area (Å²) in [6.45, 7) is 2.89. The third kappa shape index (κ3) is 50.7. The van der Waals surface area contributed by atoms with Crippen LogP contribution < -0.4 is 5.73 Å². The molecule has 0 aliphatic heterocycles. The number of carboxylic acids is 1. The number of aliphatic carboxylic acids is 1. The van der Waals surface area contributed by atoms with E-state index in [-0.39, 0.29) is 19.4 Å². The van der Waals surface area contributed by atoms with Gasteiger partial charge in [-0.1, -0.05) is 277 Å². The summed E-state index contributed by atoms with van der Waals surface area (Å²) in [5.74, 6) is -2.34. The molecule has 0 aliphatic carbocycles. The highest BCUT2D eigenvalue weighted by Gasteiger charge is 2.28. The van der Waals surface area contributed by atoms with Crippen molar-refractivity contribution in [2.24, 2.45) is 5.73 Å². The predicted octanol–water partition coefficient (Wildman–Crippen LogP) is 16.6. The van der Waals surface area contributed by atoms with Crippen molar-refractivity contribution >= 4 is 25.7 Å². The lowest BCUT2D eigenvalue weighted by atomic mass is 10.0. The molecule has 0 aliphatic rings. The van der Waals surface area contributed by atoms with Crippen molar-refractivity contribution in [1.82, 2.24) is 0 Å². The van der Waals surface area contributed by atoms with Crippen molar-refractivity contribution in [2.45, 2.75) is 315 Å². The molecule has 0 rings (SSSR count). The molecule has 11 nitrogen and oxygen atoms in total. The second kappa shape index (κ2) is 50.9. The molecule has 0 bridgehead atoms. The fraction of sp³-hybridized carbons (Fsp3) is 0.945. The number of rotatable bonds is 55. The number of carbonyl (C=O) groups is 3. The molecule has 12 heteroatoms. The van der Waals surface area contributed by atoms with Gasteiger partial charge in [-0.25, -0.2) is 4.57 Å². The monoisotopic (exact) mass is 974 g/mol. The summed E-state index contributed by atoms with van der Waals surface area (Å²) >= 11 is 0. The van der Waals surface area contributed by atoms with E-state index in [2.05, 4.69) is 13.8 Å². The van der Waals surface area contributed by atoms with Crippen molar-refractivity contribution in [2.75, 3.05) is 19.8 Å². The van der Waals surface area contributed by atoms with E-state index in [4.69, 9.17) is 29.4 Å². The number of carbonyl (C=O) groups excluding carboxylic acids is 2. The third-order valence-corrected chi connectivity index (χ3v) is 14.1. The molecular formula is C55H108NO10P. The quantitative estimate of drug-likeness (QED) is 0.0301. The number of nitrogens with two attached hydrogens (primary N) is 1. The Bertz CT molecular complexity index is 1140. The van der Waals surface area contributed by atoms with Crippen LogP contribution >= 0.6 is 7.82 Å². The molecule has 0 aromatic carbocycles. The van der Waals surface area contributed by atoms with Gasteiger partial charge < -0.3 is 25.2 Å². The summed E-state index contributed by atoms with van der Waals surface area (Å²) in [6, 6.07) is -1.52. The molecule has 3 atom stereocenters. The van der Waals surface area contributed by atoms with Crippen LogP contribution in [0.4, 0.5) is 0 Å². The Morgan fingerprint density at radius 2 is 0.657 bits per heavy atom. The molecule has 398 valence electrons. The van der Waals surface area contributed by atoms with Crippen LogP contribution in [0.2, 0.25) is 0 Å². The van der Waals surface area contributed by atoms with Crippen molar-refractivity contribution < 1.29 is 47.5 Å². The Kier molecular flexibility index (Phi) is 49.7. The zero-order chi connectivity index (χ0) is 49.2. The molecular weight excluding hydrogens is 866 g/mol. The number of ether oxygens (including phenoxy) is 2. The van der Waals surface area contributed by atoms with Crippen LogP contribution in [0, 0.1) is 0 Å². The van der Waals surface area contributed by atoms with E-state index < -0.39 is 51.1 Å². The van der Waals surface area contributed by atoms with Gasteiger partial charge in [0.05, 0.1) is 13.2 Å². The summed E-state index contributed by atoms with van der Waals surface area (Å²) in [4.78, 5) is 46.3. The first-order chi connectivity index (χ1) is 32.6. The minimum atomic E-state index is -4.72. The molecule has 0 amide bonds. The number of unbranched alkanes of at least 4 members (excludes halogenated alkanes) is 41. The summed E-state index contributed by atoms with van der Waals surface area (Å²) in [6.07, 6.45) is 54.6. The Morgan fingerprint density at radius 3 is 0.940 bits per heavy atom. The summed E-state index contributed by atoms with van der Waals surface area (Å²) in [7, 11) is -4.72. The molecule has 0 fully saturated rings. The van der Waals surface area contributed by atoms with Crippen molar-refractivity contribution in [3.8, 4) is 0 Å². The maximum absolute atomic E-state index is 12.7. The van der Waals surface area contributed by atoms with Crippen LogP contribution in [0.3, 0.4) is 0 Å². The lowest BCUT2D eigenvalue weighted by Gasteiger charge is -2.20. The average Bonchev–Trinajstić information content (AvgIpc) is 3.31. The van der Waals surface area contributed by atoms with Crippen molar-refractivity contribution in [3.63, 3.8) is 0 Å². The summed E-state index contributed by atoms with van der Waals surface area (Å²) in [5.41, 5.74) is 5.37. The van der Waals surface area contributed by atoms with Crippen LogP contribution in [0.25, 0.3) is 0 Å². The standard InChI is InChI=1S/C55H108NO10P/c1-3-5-7-9-11-13-15-17-19-21-23-25-27-29-31-33-35-37-39-41-43-45-47-54(58)66-51(49-64-67(61,62)65-50-52(56)55(59)60)48-63-53(57)46-44-42-40-38-36-34-32-30-28-26-24-22-20-18-16-14-12-10-8-6-4-2/h51-52H,3-50,56H2,1-2H3,(H,59,60)(H,61,62)/t51-,52+/m1/s1. The molecule has 0 radical (unpaired) electrons. The lowest BCUT2D eigenvalue weighted by molar-refractivity contribution is -0.161. The third-order valence-electron chi connectivity index (χ3n) is 13.1. The van der Waals surface area contributed by atoms with Gasteiger partial charge in [0.1, 0.15) is 12.6 Å². The van der Waals surface area contributed by atoms with Crippen LogP contribution in [-0.2, 0) is 37.5 Å². The fourth-order valence-corrected chi connectivity index (χ4v) is 9.44. The van der Waals surface area contributed by atoms with Gasteiger partial charge in [0.2, 0.25) is 0 Å². The smallest absolute Gasteiger partial charge is 0.472 e. The zero-order valence-corrected chi connectivity index (χ0v) is 44.7. The van der Waals surface area contributed by atoms with E-state index in [0.29, 0.717) is 12.8 Å². The highest BCUT2D eigenvalue weighted by Crippen LogP contribution is 2.43. The first-order valence-electron chi connectivity index (χ1n) is 28.6. The normalized spacial score (nSPS) is 13.4. The fourth-order valence-electron chi connectivity index (χ4n) is 8.66. The summed E-state index contributed by atoms with van der Waals surface area (Å²) in [5, 5.41) is 8.94. The van der Waals surface area contributed by atoms with Crippen LogP contribution in [-0.4, -0.2) is 59.9 Å². The predicted molar refractivity (Wildman–Crippen MR) is 277 cm³/mol. The molecule has 0 saturated carbocycles. The second-order valence-electron chi connectivity index (χ2n) is 19.8. The number of esters is 2. The van der Waals surface area contributed by atoms with E-state index in [1.165, 1.54) is 225 Å². The minimum Gasteiger partial charge on any atom is -0.480 e. The Hall–Kier alpha value is -1.52. The van der Waals surface area contributed by atoms with Gasteiger partial charge in [0, 0.05) is 12.8 Å². The highest BCUT2D eigenvalue weighted by molar-refractivity contribution is 7.47. The number of hydrogen-bond donors (Lipinski definition) is 3. The summed E-state index contributed by atoms with van der Waals surface area (Å²) < 4.78 is 33.0. The van der Waals surface area contributed by atoms with Gasteiger partial charge in [0.25, 0.3) is 0 Å². The second-order valence-corrected chi connectivity index (χ2v) is 21.2. The number of hydrogen-bond acceptors (Lipinski definition) is 9. The molecule has 0 aromatic rings. The maximum Gasteiger partial charge on any atom is 0.472 e. The molecule has 0 aromatic heterocycles. The van der Waals surface area contributed by atoms with Gasteiger partial charge in [-0.3, -0.25) is 23.4 Å². The van der Waals surface area contributed by atoms with E-state index in [9.17, 15) is 23.8 Å². The Labute approximate surface area is 412 Å². The Balaban J connectivity index is 4.12. The highest BCUT2D eigenvalue weighted by atomic mass is 31.2. The number of carboxylic acid groups (broad SMARTS) is 1. The van der Waals surface area contributed by atoms with E-state index in [1.54, 1.807) is 0 Å². The van der Waals surface area contributed by atoms with Crippen LogP contribution in [0.5, 0.6) is 0 Å². The largest absolute Gasteiger partial charge is 0.480 e. The molecule has 67 heavy (non-hydrogen) atoms. The molecule has 0 saturated heterocycles. The van der Waals surface area contributed by atoms with Crippen molar-refractivity contribution in [3.05, 3.63) is 0 Å². The van der Waals surface area contributed by atoms with E-state index >= 15 is 0 Å². The van der Waals surface area contributed by atoms with Crippen molar-refractivity contribution in [1.29, 1.82) is 0 Å². The number of phosphoric acid groups is 1. The first-order valence-corrected chi connectivity index (χ1v) is 30.1. The van der Waals surface area contributed by atoms with E-state index in [0.717, 1.165) is 38.5 Å². The Morgan fingerprint density at radius 1 is 0.403 bits per heavy atom. The lowest BCUT2D eigenvalue weighted by Crippen LogP contribution is -2.34. The minimum absolute atomic E-state index is 0.170.